The summed E-state index contributed by atoms with van der Waals surface area (Å²) in [6, 6.07) is 5.16. The van der Waals surface area contributed by atoms with Crippen molar-refractivity contribution in [1.29, 1.82) is 0 Å². The molecule has 1 aliphatic rings. The lowest BCUT2D eigenvalue weighted by Gasteiger charge is -2.34. The fraction of sp³-hybridized carbons (Fsp3) is 0.429. The summed E-state index contributed by atoms with van der Waals surface area (Å²) in [5, 5.41) is 15.4. The van der Waals surface area contributed by atoms with Crippen molar-refractivity contribution in [3.63, 3.8) is 0 Å². The summed E-state index contributed by atoms with van der Waals surface area (Å²) in [6.07, 6.45) is 3.98. The van der Waals surface area contributed by atoms with Crippen molar-refractivity contribution in [3.05, 3.63) is 27.7 Å². The molecule has 0 spiro atoms. The van der Waals surface area contributed by atoms with Crippen molar-refractivity contribution in [1.82, 2.24) is 0 Å². The summed E-state index contributed by atoms with van der Waals surface area (Å²) in [5.74, 6) is -0.279. The Morgan fingerprint density at radius 1 is 1.38 bits per heavy atom. The van der Waals surface area contributed by atoms with Gasteiger partial charge in [-0.2, -0.15) is 0 Å². The zero-order chi connectivity index (χ0) is 15.5. The lowest BCUT2D eigenvalue weighted by molar-refractivity contribution is -0.123. The summed E-state index contributed by atoms with van der Waals surface area (Å²) >= 11 is 9.32. The number of nitrogens with zero attached hydrogens (tertiary/aromatic N) is 1. The lowest BCUT2D eigenvalue weighted by Crippen LogP contribution is -2.48. The Morgan fingerprint density at radius 2 is 2.05 bits per heavy atom. The molecule has 21 heavy (non-hydrogen) atoms. The first kappa shape index (κ1) is 16.1. The van der Waals surface area contributed by atoms with Crippen LogP contribution < -0.4 is 11.1 Å². The van der Waals surface area contributed by atoms with E-state index in [2.05, 4.69) is 26.4 Å². The normalized spacial score (nSPS) is 18.3. The smallest absolute Gasteiger partial charge is 0.238 e. The average Bonchev–Trinajstić information content (AvgIpc) is 2.50. The fourth-order valence-electron chi connectivity index (χ4n) is 2.68. The number of halogens is 2. The lowest BCUT2D eigenvalue weighted by atomic mass is 9.72. The molecule has 1 aromatic carbocycles. The van der Waals surface area contributed by atoms with Crippen LogP contribution in [-0.2, 0) is 4.79 Å². The Hall–Kier alpha value is -1.27. The highest BCUT2D eigenvalue weighted by Crippen LogP contribution is 2.38. The molecule has 0 heterocycles. The molecule has 1 saturated carbocycles. The van der Waals surface area contributed by atoms with Crippen molar-refractivity contribution < 1.29 is 10.0 Å². The van der Waals surface area contributed by atoms with Gasteiger partial charge in [0.15, 0.2) is 5.84 Å². The number of oxime groups is 1. The van der Waals surface area contributed by atoms with Gasteiger partial charge in [-0.15, -0.1) is 0 Å². The molecule has 1 aromatic rings. The summed E-state index contributed by atoms with van der Waals surface area (Å²) < 4.78 is 0.756. The number of amidine groups is 1. The second-order valence-corrected chi connectivity index (χ2v) is 6.47. The number of benzene rings is 1. The number of nitrogens with one attached hydrogen (secondary N) is 1. The maximum atomic E-state index is 12.6. The van der Waals surface area contributed by atoms with Gasteiger partial charge in [0.25, 0.3) is 0 Å². The molecule has 0 atom stereocenters. The number of carbonyl (C=O) groups excluding carboxylic acids is 1. The highest BCUT2D eigenvalue weighted by atomic mass is 79.9. The van der Waals surface area contributed by atoms with Crippen molar-refractivity contribution in [2.24, 2.45) is 16.3 Å². The van der Waals surface area contributed by atoms with Crippen molar-refractivity contribution >= 4 is 45.0 Å². The van der Waals surface area contributed by atoms with Gasteiger partial charge in [0.05, 0.1) is 5.02 Å². The van der Waals surface area contributed by atoms with Crippen LogP contribution in [0, 0.1) is 5.41 Å². The van der Waals surface area contributed by atoms with Gasteiger partial charge in [0.2, 0.25) is 5.91 Å². The van der Waals surface area contributed by atoms with Gasteiger partial charge in [0, 0.05) is 10.2 Å². The maximum absolute atomic E-state index is 12.6. The molecule has 1 aliphatic carbocycles. The van der Waals surface area contributed by atoms with Crippen LogP contribution in [0.1, 0.15) is 32.1 Å². The zero-order valence-electron chi connectivity index (χ0n) is 11.4. The van der Waals surface area contributed by atoms with Crippen molar-refractivity contribution in [2.75, 3.05) is 5.32 Å². The van der Waals surface area contributed by atoms with E-state index in [4.69, 9.17) is 22.5 Å². The fourth-order valence-corrected chi connectivity index (χ4v) is 3.10. The molecule has 1 amide bonds. The second kappa shape index (κ2) is 6.66. The molecule has 0 radical (unpaired) electrons. The molecule has 7 heteroatoms. The molecule has 0 unspecified atom stereocenters. The Balaban J connectivity index is 2.24. The van der Waals surface area contributed by atoms with Gasteiger partial charge in [-0.25, -0.2) is 0 Å². The maximum Gasteiger partial charge on any atom is 0.238 e. The van der Waals surface area contributed by atoms with Crippen LogP contribution in [0.3, 0.4) is 0 Å². The van der Waals surface area contributed by atoms with Crippen molar-refractivity contribution in [2.45, 2.75) is 32.1 Å². The van der Waals surface area contributed by atoms with Gasteiger partial charge in [-0.05, 0) is 47.0 Å². The van der Waals surface area contributed by atoms with E-state index in [1.165, 1.54) is 0 Å². The molecule has 5 nitrogen and oxygen atoms in total. The number of amides is 1. The van der Waals surface area contributed by atoms with E-state index in [-0.39, 0.29) is 11.7 Å². The first-order valence-electron chi connectivity index (χ1n) is 6.74. The number of anilines is 1. The molecule has 2 rings (SSSR count). The Morgan fingerprint density at radius 3 is 2.62 bits per heavy atom. The van der Waals surface area contributed by atoms with Gasteiger partial charge >= 0.3 is 0 Å². The molecule has 1 fully saturated rings. The number of nitrogens with two attached hydrogens (primary N) is 1. The average molecular weight is 375 g/mol. The van der Waals surface area contributed by atoms with Crippen LogP contribution in [0.2, 0.25) is 5.02 Å². The minimum absolute atomic E-state index is 0.0251. The molecule has 0 aromatic heterocycles. The molecular formula is C14H17BrClN3O2. The quantitative estimate of drug-likeness (QED) is 0.326. The Kier molecular flexibility index (Phi) is 5.11. The van der Waals surface area contributed by atoms with E-state index in [0.29, 0.717) is 23.6 Å². The van der Waals surface area contributed by atoms with Crippen LogP contribution in [-0.4, -0.2) is 17.0 Å². The predicted molar refractivity (Wildman–Crippen MR) is 86.7 cm³/mol. The summed E-state index contributed by atoms with van der Waals surface area (Å²) in [7, 11) is 0. The standard InChI is InChI=1S/C14H17BrClN3O2/c15-10-5-4-9(8-11(10)16)18-13(20)14(12(17)19-21)6-2-1-3-7-14/h4-5,8,21H,1-3,6-7H2,(H2,17,19)(H,18,20). The minimum Gasteiger partial charge on any atom is -0.409 e. The number of hydrogen-bond acceptors (Lipinski definition) is 3. The van der Waals surface area contributed by atoms with Gasteiger partial charge in [0.1, 0.15) is 5.41 Å². The Bertz CT molecular complexity index is 571. The van der Waals surface area contributed by atoms with Crippen LogP contribution in [0.15, 0.2) is 27.8 Å². The molecule has 0 aliphatic heterocycles. The second-order valence-electron chi connectivity index (χ2n) is 5.21. The molecule has 0 saturated heterocycles. The van der Waals surface area contributed by atoms with Gasteiger partial charge in [-0.1, -0.05) is 36.0 Å². The summed E-state index contributed by atoms with van der Waals surface area (Å²) in [5.41, 5.74) is 5.45. The first-order chi connectivity index (χ1) is 9.99. The molecule has 4 N–H and O–H groups in total. The Labute approximate surface area is 136 Å². The third kappa shape index (κ3) is 3.32. The van der Waals surface area contributed by atoms with Crippen LogP contribution >= 0.6 is 27.5 Å². The zero-order valence-corrected chi connectivity index (χ0v) is 13.7. The summed E-state index contributed by atoms with van der Waals surface area (Å²) in [4.78, 5) is 12.6. The van der Waals surface area contributed by atoms with E-state index >= 15 is 0 Å². The first-order valence-corrected chi connectivity index (χ1v) is 7.91. The largest absolute Gasteiger partial charge is 0.409 e. The SMILES string of the molecule is N/C(=N/O)C1(C(=O)Nc2ccc(Br)c(Cl)c2)CCCCC1. The van der Waals surface area contributed by atoms with Crippen molar-refractivity contribution in [3.8, 4) is 0 Å². The van der Waals surface area contributed by atoms with E-state index in [0.717, 1.165) is 23.7 Å². The number of carbonyl (C=O) groups is 1. The predicted octanol–water partition coefficient (Wildman–Crippen LogP) is 3.74. The number of hydrogen-bond donors (Lipinski definition) is 3. The third-order valence-electron chi connectivity index (χ3n) is 3.92. The van der Waals surface area contributed by atoms with Crippen LogP contribution in [0.5, 0.6) is 0 Å². The molecular weight excluding hydrogens is 358 g/mol. The third-order valence-corrected chi connectivity index (χ3v) is 5.15. The topological polar surface area (TPSA) is 87.7 Å². The van der Waals surface area contributed by atoms with Crippen LogP contribution in [0.4, 0.5) is 5.69 Å². The van der Waals surface area contributed by atoms with E-state index in [1.54, 1.807) is 18.2 Å². The van der Waals surface area contributed by atoms with Gasteiger partial charge < -0.3 is 16.3 Å². The molecule has 0 bridgehead atoms. The highest BCUT2D eigenvalue weighted by molar-refractivity contribution is 9.10. The number of rotatable bonds is 3. The minimum atomic E-state index is -0.938. The van der Waals surface area contributed by atoms with Gasteiger partial charge in [-0.3, -0.25) is 4.79 Å². The highest BCUT2D eigenvalue weighted by Gasteiger charge is 2.43. The summed E-state index contributed by atoms with van der Waals surface area (Å²) in [6.45, 7) is 0. The van der Waals surface area contributed by atoms with Crippen LogP contribution in [0.25, 0.3) is 0 Å². The van der Waals surface area contributed by atoms with E-state index in [9.17, 15) is 4.79 Å². The molecule has 114 valence electrons. The van der Waals surface area contributed by atoms with E-state index < -0.39 is 5.41 Å². The van der Waals surface area contributed by atoms with E-state index in [1.807, 2.05) is 0 Å². The monoisotopic (exact) mass is 373 g/mol.